The molecule has 0 spiro atoms. The lowest BCUT2D eigenvalue weighted by molar-refractivity contribution is -0.142. The van der Waals surface area contributed by atoms with Crippen LogP contribution in [0.1, 0.15) is 17.5 Å². The van der Waals surface area contributed by atoms with Crippen LogP contribution in [-0.4, -0.2) is 25.6 Å². The minimum atomic E-state index is -0.458. The fourth-order valence-electron chi connectivity index (χ4n) is 2.25. The highest BCUT2D eigenvalue weighted by molar-refractivity contribution is 6.35. The summed E-state index contributed by atoms with van der Waals surface area (Å²) in [4.78, 5) is 23.3. The second-order valence-corrected chi connectivity index (χ2v) is 6.47. The number of halogens is 2. The van der Waals surface area contributed by atoms with Crippen LogP contribution < -0.4 is 10.1 Å². The van der Waals surface area contributed by atoms with Crippen LogP contribution >= 0.6 is 23.2 Å². The number of carbonyl (C=O) groups is 2. The van der Waals surface area contributed by atoms with Gasteiger partial charge in [-0.15, -0.1) is 0 Å². The number of hydrogen-bond acceptors (Lipinski definition) is 4. The molecular weight excluding hydrogens is 377 g/mol. The van der Waals surface area contributed by atoms with Crippen molar-refractivity contribution in [3.8, 4) is 5.75 Å². The van der Waals surface area contributed by atoms with Crippen molar-refractivity contribution in [1.82, 2.24) is 0 Å². The van der Waals surface area contributed by atoms with Crippen molar-refractivity contribution in [2.45, 2.75) is 19.8 Å². The van der Waals surface area contributed by atoms with Crippen LogP contribution in [0.15, 0.2) is 36.4 Å². The lowest BCUT2D eigenvalue weighted by Crippen LogP contribution is -2.14. The van der Waals surface area contributed by atoms with E-state index >= 15 is 0 Å². The van der Waals surface area contributed by atoms with Crippen molar-refractivity contribution in [1.29, 1.82) is 0 Å². The van der Waals surface area contributed by atoms with E-state index in [1.165, 1.54) is 7.11 Å². The average molecular weight is 396 g/mol. The standard InChI is InChI=1S/C19H19Cl2NO4/c1-12-9-15(26-11-19(24)25-2)6-7-17(12)22-18(23)8-4-13-3-5-14(20)10-16(13)21/h3,5-7,9-10H,4,8,11H2,1-2H3,(H,22,23). The third-order valence-electron chi connectivity index (χ3n) is 3.69. The number of anilines is 1. The predicted molar refractivity (Wildman–Crippen MR) is 102 cm³/mol. The predicted octanol–water partition coefficient (Wildman–Crippen LogP) is 4.42. The van der Waals surface area contributed by atoms with E-state index in [1.807, 2.05) is 13.0 Å². The van der Waals surface area contributed by atoms with Crippen LogP contribution in [0.25, 0.3) is 0 Å². The van der Waals surface area contributed by atoms with Crippen molar-refractivity contribution >= 4 is 40.8 Å². The molecule has 0 saturated heterocycles. The van der Waals surface area contributed by atoms with Gasteiger partial charge in [0.05, 0.1) is 7.11 Å². The Kier molecular flexibility index (Phi) is 7.30. The Morgan fingerprint density at radius 1 is 1.12 bits per heavy atom. The number of carbonyl (C=O) groups excluding carboxylic acids is 2. The topological polar surface area (TPSA) is 64.6 Å². The number of nitrogens with one attached hydrogen (secondary N) is 1. The molecule has 0 aliphatic heterocycles. The van der Waals surface area contributed by atoms with Gasteiger partial charge in [0, 0.05) is 22.2 Å². The first-order valence-electron chi connectivity index (χ1n) is 7.93. The summed E-state index contributed by atoms with van der Waals surface area (Å²) in [5.74, 6) is -0.0536. The summed E-state index contributed by atoms with van der Waals surface area (Å²) in [6, 6.07) is 10.4. The van der Waals surface area contributed by atoms with Gasteiger partial charge in [0.25, 0.3) is 0 Å². The molecule has 7 heteroatoms. The van der Waals surface area contributed by atoms with Crippen LogP contribution in [0.3, 0.4) is 0 Å². The Hall–Kier alpha value is -2.24. The van der Waals surface area contributed by atoms with Crippen LogP contribution in [0, 0.1) is 6.92 Å². The molecule has 0 bridgehead atoms. The van der Waals surface area contributed by atoms with E-state index in [1.54, 1.807) is 30.3 Å². The van der Waals surface area contributed by atoms with Crippen LogP contribution in [-0.2, 0) is 20.7 Å². The first kappa shape index (κ1) is 20.1. The lowest BCUT2D eigenvalue weighted by Gasteiger charge is -2.11. The van der Waals surface area contributed by atoms with Crippen LogP contribution in [0.2, 0.25) is 10.0 Å². The van der Waals surface area contributed by atoms with Gasteiger partial charge in [-0.25, -0.2) is 4.79 Å². The van der Waals surface area contributed by atoms with E-state index < -0.39 is 5.97 Å². The molecule has 26 heavy (non-hydrogen) atoms. The number of ether oxygens (including phenoxy) is 2. The molecule has 0 aliphatic rings. The number of benzene rings is 2. The van der Waals surface area contributed by atoms with Crippen LogP contribution in [0.5, 0.6) is 5.75 Å². The highest BCUT2D eigenvalue weighted by atomic mass is 35.5. The zero-order valence-electron chi connectivity index (χ0n) is 14.5. The molecule has 0 saturated carbocycles. The number of esters is 1. The molecule has 0 aromatic heterocycles. The zero-order chi connectivity index (χ0) is 19.1. The third-order valence-corrected chi connectivity index (χ3v) is 4.28. The monoisotopic (exact) mass is 395 g/mol. The smallest absolute Gasteiger partial charge is 0.343 e. The first-order chi connectivity index (χ1) is 12.4. The number of methoxy groups -OCH3 is 1. The number of amides is 1. The molecule has 0 heterocycles. The van der Waals surface area contributed by atoms with Gasteiger partial charge in [0.1, 0.15) is 5.75 Å². The van der Waals surface area contributed by atoms with Gasteiger partial charge in [0.2, 0.25) is 5.91 Å². The quantitative estimate of drug-likeness (QED) is 0.704. The normalized spacial score (nSPS) is 10.3. The van der Waals surface area contributed by atoms with Gasteiger partial charge in [-0.1, -0.05) is 29.3 Å². The second kappa shape index (κ2) is 9.46. The average Bonchev–Trinajstić information content (AvgIpc) is 2.61. The molecule has 0 radical (unpaired) electrons. The molecule has 0 fully saturated rings. The second-order valence-electron chi connectivity index (χ2n) is 5.63. The maximum atomic E-state index is 12.2. The molecule has 138 valence electrons. The van der Waals surface area contributed by atoms with Crippen molar-refractivity contribution in [3.63, 3.8) is 0 Å². The van der Waals surface area contributed by atoms with Gasteiger partial charge >= 0.3 is 5.97 Å². The van der Waals surface area contributed by atoms with E-state index in [9.17, 15) is 9.59 Å². The summed E-state index contributed by atoms with van der Waals surface area (Å²) in [6.07, 6.45) is 0.808. The zero-order valence-corrected chi connectivity index (χ0v) is 16.0. The van der Waals surface area contributed by atoms with Gasteiger partial charge in [-0.2, -0.15) is 0 Å². The molecular formula is C19H19Cl2NO4. The molecule has 1 N–H and O–H groups in total. The van der Waals surface area contributed by atoms with Crippen molar-refractivity contribution in [2.24, 2.45) is 0 Å². The molecule has 0 atom stereocenters. The van der Waals surface area contributed by atoms with Gasteiger partial charge in [-0.3, -0.25) is 4.79 Å². The Morgan fingerprint density at radius 3 is 2.54 bits per heavy atom. The maximum Gasteiger partial charge on any atom is 0.343 e. The summed E-state index contributed by atoms with van der Waals surface area (Å²) in [5.41, 5.74) is 2.38. The largest absolute Gasteiger partial charge is 0.482 e. The number of rotatable bonds is 7. The van der Waals surface area contributed by atoms with E-state index in [4.69, 9.17) is 27.9 Å². The Morgan fingerprint density at radius 2 is 1.88 bits per heavy atom. The fraction of sp³-hybridized carbons (Fsp3) is 0.263. The molecule has 2 aromatic carbocycles. The molecule has 0 aliphatic carbocycles. The highest BCUT2D eigenvalue weighted by Gasteiger charge is 2.09. The highest BCUT2D eigenvalue weighted by Crippen LogP contribution is 2.24. The lowest BCUT2D eigenvalue weighted by atomic mass is 10.1. The fourth-order valence-corrected chi connectivity index (χ4v) is 2.76. The minimum Gasteiger partial charge on any atom is -0.482 e. The van der Waals surface area contributed by atoms with E-state index in [-0.39, 0.29) is 12.5 Å². The molecule has 5 nitrogen and oxygen atoms in total. The molecule has 2 rings (SSSR count). The first-order valence-corrected chi connectivity index (χ1v) is 8.68. The van der Waals surface area contributed by atoms with Crippen molar-refractivity contribution in [2.75, 3.05) is 19.0 Å². The summed E-state index contributed by atoms with van der Waals surface area (Å²) >= 11 is 12.0. The van der Waals surface area contributed by atoms with Crippen molar-refractivity contribution < 1.29 is 19.1 Å². The summed E-state index contributed by atoms with van der Waals surface area (Å²) in [7, 11) is 1.30. The molecule has 2 aromatic rings. The number of hydrogen-bond donors (Lipinski definition) is 1. The van der Waals surface area contributed by atoms with E-state index in [2.05, 4.69) is 10.1 Å². The minimum absolute atomic E-state index is 0.123. The van der Waals surface area contributed by atoms with Gasteiger partial charge in [0.15, 0.2) is 6.61 Å². The molecule has 1 amide bonds. The van der Waals surface area contributed by atoms with E-state index in [0.29, 0.717) is 34.3 Å². The SMILES string of the molecule is COC(=O)COc1ccc(NC(=O)CCc2ccc(Cl)cc2Cl)c(C)c1. The Bertz CT molecular complexity index is 808. The number of aryl methyl sites for hydroxylation is 2. The van der Waals surface area contributed by atoms with Gasteiger partial charge in [-0.05, 0) is 54.8 Å². The third kappa shape index (κ3) is 5.93. The summed E-state index contributed by atoms with van der Waals surface area (Å²) in [6.45, 7) is 1.68. The molecule has 0 unspecified atom stereocenters. The Labute approximate surface area is 162 Å². The van der Waals surface area contributed by atoms with Crippen LogP contribution in [0.4, 0.5) is 5.69 Å². The summed E-state index contributed by atoms with van der Waals surface area (Å²) in [5, 5.41) is 3.97. The van der Waals surface area contributed by atoms with Gasteiger partial charge < -0.3 is 14.8 Å². The van der Waals surface area contributed by atoms with E-state index in [0.717, 1.165) is 11.1 Å². The van der Waals surface area contributed by atoms with Crippen molar-refractivity contribution in [3.05, 3.63) is 57.6 Å². The maximum absolute atomic E-state index is 12.2. The summed E-state index contributed by atoms with van der Waals surface area (Å²) < 4.78 is 9.83. The Balaban J connectivity index is 1.91.